The first kappa shape index (κ1) is 14.6. The first-order valence-corrected chi connectivity index (χ1v) is 8.11. The van der Waals surface area contributed by atoms with E-state index in [1.807, 2.05) is 37.3 Å². The molecule has 20 heavy (non-hydrogen) atoms. The van der Waals surface area contributed by atoms with E-state index in [2.05, 4.69) is 5.10 Å². The molecule has 0 N–H and O–H groups in total. The van der Waals surface area contributed by atoms with Crippen LogP contribution in [0.1, 0.15) is 22.4 Å². The molecule has 1 aromatic carbocycles. The number of aryl methyl sites for hydroxylation is 2. The number of nitrogens with zero attached hydrogens (tertiary/aromatic N) is 3. The topological polar surface area (TPSA) is 75.8 Å². The molecule has 5 nitrogen and oxygen atoms in total. The summed E-state index contributed by atoms with van der Waals surface area (Å²) < 4.78 is 24.5. The molecule has 0 saturated heterocycles. The lowest BCUT2D eigenvalue weighted by Crippen LogP contribution is -2.09. The molecule has 0 aliphatic carbocycles. The molecule has 1 heterocycles. The largest absolute Gasteiger partial charge is 0.279 e. The normalized spacial score (nSPS) is 11.3. The van der Waals surface area contributed by atoms with Crippen LogP contribution in [0, 0.1) is 25.2 Å². The summed E-state index contributed by atoms with van der Waals surface area (Å²) in [4.78, 5) is 0. The zero-order valence-electron chi connectivity index (χ0n) is 11.0. The van der Waals surface area contributed by atoms with Gasteiger partial charge in [0.05, 0.1) is 12.2 Å². The Morgan fingerprint density at radius 1 is 1.30 bits per heavy atom. The Morgan fingerprint density at radius 3 is 2.40 bits per heavy atom. The molecule has 0 unspecified atom stereocenters. The van der Waals surface area contributed by atoms with Gasteiger partial charge in [-0.25, -0.2) is 13.1 Å². The molecule has 0 spiro atoms. The Balaban J connectivity index is 2.53. The second-order valence-corrected chi connectivity index (χ2v) is 6.94. The molecular weight excluding hydrogens is 298 g/mol. The van der Waals surface area contributed by atoms with Crippen LogP contribution in [0.3, 0.4) is 0 Å². The molecule has 0 bridgehead atoms. The lowest BCUT2D eigenvalue weighted by atomic mass is 10.1. The van der Waals surface area contributed by atoms with E-state index >= 15 is 0 Å². The van der Waals surface area contributed by atoms with Crippen molar-refractivity contribution in [1.29, 1.82) is 5.26 Å². The summed E-state index contributed by atoms with van der Waals surface area (Å²) in [7, 11) is 1.38. The molecule has 104 valence electrons. The van der Waals surface area contributed by atoms with Gasteiger partial charge in [-0.15, -0.1) is 0 Å². The Hall–Kier alpha value is -1.84. The number of aromatic nitrogens is 2. The highest BCUT2D eigenvalue weighted by atomic mass is 35.7. The van der Waals surface area contributed by atoms with Crippen LogP contribution in [-0.4, -0.2) is 18.2 Å². The van der Waals surface area contributed by atoms with Crippen molar-refractivity contribution in [3.8, 4) is 6.07 Å². The fourth-order valence-corrected chi connectivity index (χ4v) is 3.18. The van der Waals surface area contributed by atoms with E-state index in [1.165, 1.54) is 4.68 Å². The van der Waals surface area contributed by atoms with Gasteiger partial charge in [-0.3, -0.25) is 0 Å². The van der Waals surface area contributed by atoms with E-state index in [1.54, 1.807) is 6.92 Å². The van der Waals surface area contributed by atoms with Gasteiger partial charge in [0, 0.05) is 10.7 Å². The van der Waals surface area contributed by atoms with Crippen LogP contribution < -0.4 is 0 Å². The summed E-state index contributed by atoms with van der Waals surface area (Å²) >= 11 is 0. The first-order chi connectivity index (χ1) is 9.32. The fraction of sp³-hybridized carbons (Fsp3) is 0.231. The average Bonchev–Trinajstić information content (AvgIpc) is 2.67. The third kappa shape index (κ3) is 2.84. The quantitative estimate of drug-likeness (QED) is 0.816. The maximum absolute atomic E-state index is 11.6. The van der Waals surface area contributed by atoms with Crippen LogP contribution in [0.5, 0.6) is 0 Å². The summed E-state index contributed by atoms with van der Waals surface area (Å²) in [5.41, 5.74) is 2.32. The van der Waals surface area contributed by atoms with Crippen molar-refractivity contribution in [2.45, 2.75) is 25.4 Å². The van der Waals surface area contributed by atoms with Crippen LogP contribution in [-0.2, 0) is 15.6 Å². The fourth-order valence-electron chi connectivity index (χ4n) is 1.91. The highest BCUT2D eigenvalue weighted by molar-refractivity contribution is 8.13. The Morgan fingerprint density at radius 2 is 1.90 bits per heavy atom. The average molecular weight is 310 g/mol. The number of hydrogen-bond acceptors (Lipinski definition) is 4. The molecule has 2 rings (SSSR count). The molecule has 0 fully saturated rings. The summed E-state index contributed by atoms with van der Waals surface area (Å²) in [6.07, 6.45) is 0. The first-order valence-electron chi connectivity index (χ1n) is 5.80. The van der Waals surface area contributed by atoms with Crippen molar-refractivity contribution in [3.63, 3.8) is 0 Å². The van der Waals surface area contributed by atoms with Gasteiger partial charge >= 0.3 is 0 Å². The van der Waals surface area contributed by atoms with Gasteiger partial charge in [-0.05, 0) is 19.4 Å². The van der Waals surface area contributed by atoms with Gasteiger partial charge in [-0.1, -0.05) is 29.8 Å². The van der Waals surface area contributed by atoms with Gasteiger partial charge < -0.3 is 0 Å². The Kier molecular flexibility index (Phi) is 3.84. The zero-order chi connectivity index (χ0) is 14.9. The predicted molar refractivity (Wildman–Crippen MR) is 75.0 cm³/mol. The third-order valence-corrected chi connectivity index (χ3v) is 4.19. The number of benzene rings is 1. The van der Waals surface area contributed by atoms with Crippen LogP contribution in [0.4, 0.5) is 0 Å². The van der Waals surface area contributed by atoms with Crippen molar-refractivity contribution in [3.05, 3.63) is 46.6 Å². The predicted octanol–water partition coefficient (Wildman–Crippen LogP) is 2.35. The SMILES string of the molecule is Cc1ccc(Cn2nc(C)c(C#N)c2S(=O)(=O)Cl)cc1. The van der Waals surface area contributed by atoms with Gasteiger partial charge in [-0.2, -0.15) is 10.4 Å². The maximum Gasteiger partial charge on any atom is 0.279 e. The molecule has 0 saturated carbocycles. The molecule has 0 atom stereocenters. The second-order valence-electron chi connectivity index (χ2n) is 4.46. The smallest absolute Gasteiger partial charge is 0.247 e. The van der Waals surface area contributed by atoms with Crippen molar-refractivity contribution < 1.29 is 8.42 Å². The van der Waals surface area contributed by atoms with Crippen molar-refractivity contribution in [2.75, 3.05) is 0 Å². The summed E-state index contributed by atoms with van der Waals surface area (Å²) in [5, 5.41) is 12.9. The molecule has 0 amide bonds. The molecule has 0 aliphatic rings. The molecule has 0 radical (unpaired) electrons. The van der Waals surface area contributed by atoms with Crippen molar-refractivity contribution >= 4 is 19.7 Å². The lowest BCUT2D eigenvalue weighted by molar-refractivity contribution is 0.572. The number of halogens is 1. The van der Waals surface area contributed by atoms with E-state index in [0.29, 0.717) is 5.69 Å². The molecule has 2 aromatic rings. The minimum atomic E-state index is -4.03. The van der Waals surface area contributed by atoms with Gasteiger partial charge in [0.25, 0.3) is 9.05 Å². The minimum absolute atomic E-state index is 0.00730. The highest BCUT2D eigenvalue weighted by Gasteiger charge is 2.25. The zero-order valence-corrected chi connectivity index (χ0v) is 12.5. The highest BCUT2D eigenvalue weighted by Crippen LogP contribution is 2.23. The van der Waals surface area contributed by atoms with Crippen LogP contribution in [0.15, 0.2) is 29.3 Å². The van der Waals surface area contributed by atoms with Gasteiger partial charge in [0.15, 0.2) is 5.03 Å². The third-order valence-electron chi connectivity index (χ3n) is 2.88. The van der Waals surface area contributed by atoms with E-state index < -0.39 is 9.05 Å². The van der Waals surface area contributed by atoms with Crippen LogP contribution in [0.25, 0.3) is 0 Å². The summed E-state index contributed by atoms with van der Waals surface area (Å²) in [6.45, 7) is 3.78. The Bertz CT molecular complexity index is 786. The van der Waals surface area contributed by atoms with E-state index in [9.17, 15) is 8.42 Å². The summed E-state index contributed by atoms with van der Waals surface area (Å²) in [6, 6.07) is 9.44. The minimum Gasteiger partial charge on any atom is -0.247 e. The van der Waals surface area contributed by atoms with Crippen molar-refractivity contribution in [2.24, 2.45) is 0 Å². The molecule has 0 aliphatic heterocycles. The van der Waals surface area contributed by atoms with E-state index in [0.717, 1.165) is 11.1 Å². The van der Waals surface area contributed by atoms with Crippen LogP contribution >= 0.6 is 10.7 Å². The van der Waals surface area contributed by atoms with Gasteiger partial charge in [0.2, 0.25) is 0 Å². The number of nitriles is 1. The van der Waals surface area contributed by atoms with Gasteiger partial charge in [0.1, 0.15) is 11.6 Å². The number of hydrogen-bond donors (Lipinski definition) is 0. The van der Waals surface area contributed by atoms with Crippen molar-refractivity contribution in [1.82, 2.24) is 9.78 Å². The van der Waals surface area contributed by atoms with E-state index in [4.69, 9.17) is 15.9 Å². The molecule has 7 heteroatoms. The monoisotopic (exact) mass is 309 g/mol. The lowest BCUT2D eigenvalue weighted by Gasteiger charge is -2.06. The number of rotatable bonds is 3. The standard InChI is InChI=1S/C13H12ClN3O2S/c1-9-3-5-11(6-4-9)8-17-13(20(14,18)19)12(7-15)10(2)16-17/h3-6H,8H2,1-2H3. The maximum atomic E-state index is 11.6. The Labute approximate surface area is 121 Å². The molecular formula is C13H12ClN3O2S. The second kappa shape index (κ2) is 5.27. The summed E-state index contributed by atoms with van der Waals surface area (Å²) in [5.74, 6) is 0. The molecule has 1 aromatic heterocycles. The van der Waals surface area contributed by atoms with Crippen LogP contribution in [0.2, 0.25) is 0 Å². The van der Waals surface area contributed by atoms with E-state index in [-0.39, 0.29) is 17.1 Å².